The summed E-state index contributed by atoms with van der Waals surface area (Å²) in [6, 6.07) is 14.3. The first kappa shape index (κ1) is 21.0. The van der Waals surface area contributed by atoms with Crippen molar-refractivity contribution in [2.75, 3.05) is 20.8 Å². The van der Waals surface area contributed by atoms with Gasteiger partial charge >= 0.3 is 5.97 Å². The van der Waals surface area contributed by atoms with Crippen LogP contribution in [0.2, 0.25) is 0 Å². The largest absolute Gasteiger partial charge is 0.497 e. The van der Waals surface area contributed by atoms with E-state index < -0.39 is 0 Å². The van der Waals surface area contributed by atoms with E-state index in [0.29, 0.717) is 6.61 Å². The van der Waals surface area contributed by atoms with E-state index in [4.69, 9.17) is 19.3 Å². The molecule has 0 unspecified atom stereocenters. The number of carbonyl (C=O) groups is 1. The average molecular weight is 421 g/mol. The standard InChI is InChI=1S/C25H28N2O4/c1-5-31-23(28)14-16(2)27-25(18-7-10-19(29-3)11-8-18)21-13-9-17-6-12-20(30-4)15-22(17)24(21)26-27/h6-8,10-12,14-15,21,25H,5,9,13H2,1-4H3/b16-14+/t21-,25-/m0/s1. The van der Waals surface area contributed by atoms with Gasteiger partial charge in [0.15, 0.2) is 0 Å². The molecule has 2 aromatic carbocycles. The monoisotopic (exact) mass is 420 g/mol. The van der Waals surface area contributed by atoms with Crippen LogP contribution in [0.3, 0.4) is 0 Å². The Kier molecular flexibility index (Phi) is 5.98. The number of rotatable bonds is 6. The van der Waals surface area contributed by atoms with E-state index in [0.717, 1.165) is 46.9 Å². The van der Waals surface area contributed by atoms with Crippen molar-refractivity contribution in [2.45, 2.75) is 32.7 Å². The highest BCUT2D eigenvalue weighted by molar-refractivity contribution is 6.06. The molecule has 0 amide bonds. The molecule has 0 saturated carbocycles. The van der Waals surface area contributed by atoms with Gasteiger partial charge in [0.25, 0.3) is 0 Å². The number of hydrazone groups is 1. The third-order valence-electron chi connectivity index (χ3n) is 5.96. The summed E-state index contributed by atoms with van der Waals surface area (Å²) >= 11 is 0. The number of ether oxygens (including phenoxy) is 3. The molecular formula is C25H28N2O4. The van der Waals surface area contributed by atoms with Gasteiger partial charge in [0.2, 0.25) is 0 Å². The van der Waals surface area contributed by atoms with E-state index >= 15 is 0 Å². The molecule has 0 N–H and O–H groups in total. The molecule has 0 fully saturated rings. The van der Waals surface area contributed by atoms with Crippen LogP contribution in [0.1, 0.15) is 43.0 Å². The first-order valence-electron chi connectivity index (χ1n) is 10.6. The molecule has 0 radical (unpaired) electrons. The zero-order valence-electron chi connectivity index (χ0n) is 18.4. The Morgan fingerprint density at radius 1 is 1.13 bits per heavy atom. The molecule has 0 spiro atoms. The first-order chi connectivity index (χ1) is 15.0. The lowest BCUT2D eigenvalue weighted by molar-refractivity contribution is -0.137. The highest BCUT2D eigenvalue weighted by atomic mass is 16.5. The summed E-state index contributed by atoms with van der Waals surface area (Å²) in [5, 5.41) is 6.99. The van der Waals surface area contributed by atoms with E-state index in [1.54, 1.807) is 21.1 Å². The highest BCUT2D eigenvalue weighted by Gasteiger charge is 2.42. The number of esters is 1. The lowest BCUT2D eigenvalue weighted by Crippen LogP contribution is -2.28. The predicted octanol–water partition coefficient (Wildman–Crippen LogP) is 4.49. The molecule has 1 heterocycles. The first-order valence-corrected chi connectivity index (χ1v) is 10.6. The minimum atomic E-state index is -0.356. The van der Waals surface area contributed by atoms with Crippen molar-refractivity contribution in [2.24, 2.45) is 11.0 Å². The summed E-state index contributed by atoms with van der Waals surface area (Å²) in [6.45, 7) is 4.05. The molecule has 2 atom stereocenters. The van der Waals surface area contributed by atoms with Gasteiger partial charge in [0, 0.05) is 23.3 Å². The van der Waals surface area contributed by atoms with Crippen LogP contribution in [0.4, 0.5) is 0 Å². The maximum Gasteiger partial charge on any atom is 0.332 e. The molecular weight excluding hydrogens is 392 g/mol. The molecule has 2 aliphatic rings. The lowest BCUT2D eigenvalue weighted by atomic mass is 9.77. The van der Waals surface area contributed by atoms with Gasteiger partial charge in [0.05, 0.1) is 32.6 Å². The number of carbonyl (C=O) groups excluding carboxylic acids is 1. The second-order valence-electron chi connectivity index (χ2n) is 7.75. The minimum absolute atomic E-state index is 0.00839. The number of benzene rings is 2. The Bertz CT molecular complexity index is 1030. The Hall–Kier alpha value is -3.28. The second kappa shape index (κ2) is 8.84. The van der Waals surface area contributed by atoms with Gasteiger partial charge in [-0.25, -0.2) is 4.79 Å². The molecule has 0 bridgehead atoms. The Morgan fingerprint density at radius 3 is 2.52 bits per heavy atom. The zero-order chi connectivity index (χ0) is 22.0. The molecule has 2 aromatic rings. The Labute approximate surface area is 183 Å². The third-order valence-corrected chi connectivity index (χ3v) is 5.96. The van der Waals surface area contributed by atoms with Crippen molar-refractivity contribution in [3.8, 4) is 11.5 Å². The fourth-order valence-electron chi connectivity index (χ4n) is 4.46. The minimum Gasteiger partial charge on any atom is -0.497 e. The number of hydrogen-bond donors (Lipinski definition) is 0. The third kappa shape index (κ3) is 4.02. The molecule has 6 nitrogen and oxygen atoms in total. The van der Waals surface area contributed by atoms with Crippen LogP contribution in [0.25, 0.3) is 0 Å². The summed E-state index contributed by atoms with van der Waals surface area (Å²) in [6.07, 6.45) is 3.48. The van der Waals surface area contributed by atoms with Crippen molar-refractivity contribution in [3.63, 3.8) is 0 Å². The van der Waals surface area contributed by atoms with E-state index in [1.165, 1.54) is 11.6 Å². The summed E-state index contributed by atoms with van der Waals surface area (Å²) in [5.74, 6) is 1.48. The van der Waals surface area contributed by atoms with Crippen LogP contribution >= 0.6 is 0 Å². The van der Waals surface area contributed by atoms with Crippen LogP contribution in [0, 0.1) is 5.92 Å². The van der Waals surface area contributed by atoms with Gasteiger partial charge in [-0.05, 0) is 62.1 Å². The Balaban J connectivity index is 1.78. The summed E-state index contributed by atoms with van der Waals surface area (Å²) in [7, 11) is 3.34. The van der Waals surface area contributed by atoms with Crippen molar-refractivity contribution >= 4 is 11.7 Å². The predicted molar refractivity (Wildman–Crippen MR) is 119 cm³/mol. The van der Waals surface area contributed by atoms with Gasteiger partial charge in [-0.3, -0.25) is 5.01 Å². The van der Waals surface area contributed by atoms with Crippen molar-refractivity contribution < 1.29 is 19.0 Å². The smallest absolute Gasteiger partial charge is 0.332 e. The van der Waals surface area contributed by atoms with E-state index in [1.807, 2.05) is 30.1 Å². The van der Waals surface area contributed by atoms with Crippen molar-refractivity contribution in [1.82, 2.24) is 5.01 Å². The van der Waals surface area contributed by atoms with Gasteiger partial charge < -0.3 is 14.2 Å². The SMILES string of the molecule is CCOC(=O)/C=C(\C)N1N=C2c3cc(OC)ccc3CC[C@@H]2[C@@H]1c1ccc(OC)cc1. The highest BCUT2D eigenvalue weighted by Crippen LogP contribution is 2.45. The van der Waals surface area contributed by atoms with Gasteiger partial charge in [-0.15, -0.1) is 0 Å². The van der Waals surface area contributed by atoms with Gasteiger partial charge in [0.1, 0.15) is 11.5 Å². The number of allylic oxidation sites excluding steroid dienone is 1. The molecule has 4 rings (SSSR count). The number of aryl methyl sites for hydroxylation is 1. The number of fused-ring (bicyclic) bond motifs is 3. The van der Waals surface area contributed by atoms with Gasteiger partial charge in [-0.2, -0.15) is 5.10 Å². The lowest BCUT2D eigenvalue weighted by Gasteiger charge is -2.31. The average Bonchev–Trinajstić information content (AvgIpc) is 3.19. The van der Waals surface area contributed by atoms with Gasteiger partial charge in [-0.1, -0.05) is 18.2 Å². The van der Waals surface area contributed by atoms with E-state index in [9.17, 15) is 4.79 Å². The normalized spacial score (nSPS) is 19.9. The zero-order valence-corrected chi connectivity index (χ0v) is 18.4. The number of nitrogens with zero attached hydrogens (tertiary/aromatic N) is 2. The number of methoxy groups -OCH3 is 2. The van der Waals surface area contributed by atoms with E-state index in [-0.39, 0.29) is 17.9 Å². The van der Waals surface area contributed by atoms with Crippen LogP contribution in [0.15, 0.2) is 59.3 Å². The topological polar surface area (TPSA) is 60.4 Å². The van der Waals surface area contributed by atoms with Crippen LogP contribution in [-0.4, -0.2) is 37.5 Å². The molecule has 1 aliphatic carbocycles. The van der Waals surface area contributed by atoms with E-state index in [2.05, 4.69) is 24.3 Å². The molecule has 31 heavy (non-hydrogen) atoms. The quantitative estimate of drug-likeness (QED) is 0.509. The summed E-state index contributed by atoms with van der Waals surface area (Å²) < 4.78 is 15.9. The van der Waals surface area contributed by atoms with Crippen LogP contribution < -0.4 is 9.47 Å². The number of hydrogen-bond acceptors (Lipinski definition) is 6. The maximum atomic E-state index is 12.1. The summed E-state index contributed by atoms with van der Waals surface area (Å²) in [4.78, 5) is 12.1. The van der Waals surface area contributed by atoms with Crippen LogP contribution in [-0.2, 0) is 16.0 Å². The molecule has 0 saturated heterocycles. The molecule has 1 aliphatic heterocycles. The van der Waals surface area contributed by atoms with Crippen LogP contribution in [0.5, 0.6) is 11.5 Å². The van der Waals surface area contributed by atoms with Crippen molar-refractivity contribution in [3.05, 3.63) is 70.9 Å². The second-order valence-corrected chi connectivity index (χ2v) is 7.75. The molecule has 6 heteroatoms. The van der Waals surface area contributed by atoms with Crippen molar-refractivity contribution in [1.29, 1.82) is 0 Å². The molecule has 162 valence electrons. The fraction of sp³-hybridized carbons (Fsp3) is 0.360. The summed E-state index contributed by atoms with van der Waals surface area (Å²) in [5.41, 5.74) is 5.33. The Morgan fingerprint density at radius 2 is 1.84 bits per heavy atom. The maximum absolute atomic E-state index is 12.1. The molecule has 0 aromatic heterocycles. The fourth-order valence-corrected chi connectivity index (χ4v) is 4.46.